The SMILES string of the molecule is CCOc1cc(CNn2c(CC)n[nH]c2=S)cc(Cl)c1OCc1ccc(F)cc1. The zero-order valence-corrected chi connectivity index (χ0v) is 17.7. The summed E-state index contributed by atoms with van der Waals surface area (Å²) in [5.74, 6) is 1.52. The third-order valence-electron chi connectivity index (χ3n) is 4.16. The molecule has 2 aromatic carbocycles. The van der Waals surface area contributed by atoms with Gasteiger partial charge in [0.1, 0.15) is 12.4 Å². The molecule has 0 saturated heterocycles. The minimum Gasteiger partial charge on any atom is -0.490 e. The summed E-state index contributed by atoms with van der Waals surface area (Å²) in [5, 5.41) is 7.38. The van der Waals surface area contributed by atoms with Crippen LogP contribution in [-0.4, -0.2) is 21.5 Å². The van der Waals surface area contributed by atoms with Gasteiger partial charge in [-0.1, -0.05) is 30.7 Å². The Morgan fingerprint density at radius 2 is 1.93 bits per heavy atom. The summed E-state index contributed by atoms with van der Waals surface area (Å²) >= 11 is 11.7. The van der Waals surface area contributed by atoms with E-state index in [1.54, 1.807) is 16.8 Å². The van der Waals surface area contributed by atoms with Crippen molar-refractivity contribution in [1.29, 1.82) is 0 Å². The molecule has 0 amide bonds. The summed E-state index contributed by atoms with van der Waals surface area (Å²) in [6, 6.07) is 9.81. The lowest BCUT2D eigenvalue weighted by atomic mass is 10.2. The van der Waals surface area contributed by atoms with Gasteiger partial charge in [0.2, 0.25) is 4.77 Å². The average molecular weight is 437 g/mol. The van der Waals surface area contributed by atoms with Gasteiger partial charge in [0.05, 0.1) is 18.2 Å². The van der Waals surface area contributed by atoms with Crippen molar-refractivity contribution < 1.29 is 13.9 Å². The van der Waals surface area contributed by atoms with E-state index >= 15 is 0 Å². The Hall–Kier alpha value is -2.58. The van der Waals surface area contributed by atoms with Crippen LogP contribution in [-0.2, 0) is 19.6 Å². The maximum absolute atomic E-state index is 13.1. The number of benzene rings is 2. The van der Waals surface area contributed by atoms with Gasteiger partial charge in [-0.3, -0.25) is 5.10 Å². The van der Waals surface area contributed by atoms with E-state index in [9.17, 15) is 4.39 Å². The van der Waals surface area contributed by atoms with Crippen LogP contribution in [0.5, 0.6) is 11.5 Å². The van der Waals surface area contributed by atoms with Gasteiger partial charge in [-0.2, -0.15) is 5.10 Å². The third-order valence-corrected chi connectivity index (χ3v) is 4.72. The van der Waals surface area contributed by atoms with Gasteiger partial charge in [0.15, 0.2) is 17.3 Å². The van der Waals surface area contributed by atoms with Crippen LogP contribution in [0.1, 0.15) is 30.8 Å². The van der Waals surface area contributed by atoms with Crippen LogP contribution in [0.25, 0.3) is 0 Å². The Bertz CT molecular complexity index is 1020. The van der Waals surface area contributed by atoms with Gasteiger partial charge in [-0.25, -0.2) is 9.07 Å². The number of aromatic amines is 1. The largest absolute Gasteiger partial charge is 0.490 e. The normalized spacial score (nSPS) is 10.8. The molecule has 0 spiro atoms. The topological polar surface area (TPSA) is 64.1 Å². The maximum atomic E-state index is 13.1. The monoisotopic (exact) mass is 436 g/mol. The minimum atomic E-state index is -0.289. The van der Waals surface area contributed by atoms with Gasteiger partial charge >= 0.3 is 0 Å². The van der Waals surface area contributed by atoms with E-state index in [1.807, 2.05) is 26.0 Å². The van der Waals surface area contributed by atoms with Gasteiger partial charge in [0.25, 0.3) is 0 Å². The molecule has 1 aromatic heterocycles. The quantitative estimate of drug-likeness (QED) is 0.461. The summed E-state index contributed by atoms with van der Waals surface area (Å²) in [5.41, 5.74) is 4.97. The Morgan fingerprint density at radius 3 is 2.62 bits per heavy atom. The van der Waals surface area contributed by atoms with E-state index in [-0.39, 0.29) is 12.4 Å². The summed E-state index contributed by atoms with van der Waals surface area (Å²) in [6.45, 7) is 5.08. The zero-order chi connectivity index (χ0) is 20.8. The number of hydrogen-bond acceptors (Lipinski definition) is 5. The van der Waals surface area contributed by atoms with Gasteiger partial charge in [-0.05, 0) is 54.5 Å². The molecular formula is C20H22ClFN4O2S. The first kappa shape index (κ1) is 21.1. The van der Waals surface area contributed by atoms with Crippen LogP contribution in [0.2, 0.25) is 5.02 Å². The molecule has 154 valence electrons. The van der Waals surface area contributed by atoms with Crippen LogP contribution >= 0.6 is 23.8 Å². The Kier molecular flexibility index (Phi) is 7.11. The molecule has 0 atom stereocenters. The molecule has 0 saturated carbocycles. The number of rotatable bonds is 9. The number of H-pyrrole nitrogens is 1. The van der Waals surface area contributed by atoms with Gasteiger partial charge in [0, 0.05) is 6.42 Å². The predicted octanol–water partition coefficient (Wildman–Crippen LogP) is 5.02. The van der Waals surface area contributed by atoms with Crippen molar-refractivity contribution >= 4 is 23.8 Å². The van der Waals surface area contributed by atoms with Crippen molar-refractivity contribution in [3.8, 4) is 11.5 Å². The third kappa shape index (κ3) is 5.27. The van der Waals surface area contributed by atoms with Crippen LogP contribution in [0.3, 0.4) is 0 Å². The molecule has 2 N–H and O–H groups in total. The van der Waals surface area contributed by atoms with Crippen molar-refractivity contribution in [3.05, 3.63) is 69.0 Å². The molecule has 29 heavy (non-hydrogen) atoms. The number of aryl methyl sites for hydroxylation is 1. The summed E-state index contributed by atoms with van der Waals surface area (Å²) in [6.07, 6.45) is 0.737. The number of halogens is 2. The molecule has 0 aliphatic carbocycles. The Balaban J connectivity index is 1.77. The molecule has 0 radical (unpaired) electrons. The lowest BCUT2D eigenvalue weighted by molar-refractivity contribution is 0.269. The van der Waals surface area contributed by atoms with E-state index in [4.69, 9.17) is 33.3 Å². The van der Waals surface area contributed by atoms with Crippen molar-refractivity contribution in [2.45, 2.75) is 33.4 Å². The standard InChI is InChI=1S/C20H22ClFN4O2S/c1-3-18-24-25-20(29)26(18)23-11-14-9-16(21)19(17(10-14)27-4-2)28-12-13-5-7-15(22)8-6-13/h5-10,23H,3-4,11-12H2,1-2H3,(H,25,29). The number of aromatic nitrogens is 3. The zero-order valence-electron chi connectivity index (χ0n) is 16.2. The fourth-order valence-corrected chi connectivity index (χ4v) is 3.27. The first-order chi connectivity index (χ1) is 14.0. The predicted molar refractivity (Wildman–Crippen MR) is 113 cm³/mol. The average Bonchev–Trinajstić information content (AvgIpc) is 3.07. The molecule has 1 heterocycles. The molecule has 6 nitrogen and oxygen atoms in total. The van der Waals surface area contributed by atoms with E-state index < -0.39 is 0 Å². The first-order valence-electron chi connectivity index (χ1n) is 9.24. The second-order valence-corrected chi connectivity index (χ2v) is 7.02. The first-order valence-corrected chi connectivity index (χ1v) is 10.0. The molecule has 0 unspecified atom stereocenters. The Labute approximate surface area is 178 Å². The van der Waals surface area contributed by atoms with Crippen molar-refractivity contribution in [2.24, 2.45) is 0 Å². The maximum Gasteiger partial charge on any atom is 0.214 e. The highest BCUT2D eigenvalue weighted by molar-refractivity contribution is 7.71. The van der Waals surface area contributed by atoms with Crippen molar-refractivity contribution in [2.75, 3.05) is 12.0 Å². The lowest BCUT2D eigenvalue weighted by Crippen LogP contribution is -2.17. The molecule has 0 aliphatic heterocycles. The number of ether oxygens (including phenoxy) is 2. The highest BCUT2D eigenvalue weighted by Gasteiger charge is 2.14. The van der Waals surface area contributed by atoms with Gasteiger partial charge < -0.3 is 14.9 Å². The van der Waals surface area contributed by atoms with E-state index in [2.05, 4.69) is 15.6 Å². The second kappa shape index (κ2) is 9.76. The highest BCUT2D eigenvalue weighted by Crippen LogP contribution is 2.37. The second-order valence-electron chi connectivity index (χ2n) is 6.22. The Morgan fingerprint density at radius 1 is 1.17 bits per heavy atom. The van der Waals surface area contributed by atoms with Crippen LogP contribution in [0.4, 0.5) is 4.39 Å². The van der Waals surface area contributed by atoms with E-state index in [0.717, 1.165) is 23.4 Å². The van der Waals surface area contributed by atoms with Crippen molar-refractivity contribution in [1.82, 2.24) is 14.9 Å². The fourth-order valence-electron chi connectivity index (χ4n) is 2.76. The summed E-state index contributed by atoms with van der Waals surface area (Å²) < 4.78 is 26.9. The fraction of sp³-hybridized carbons (Fsp3) is 0.300. The van der Waals surface area contributed by atoms with Crippen LogP contribution < -0.4 is 14.9 Å². The van der Waals surface area contributed by atoms with Crippen LogP contribution in [0, 0.1) is 10.6 Å². The van der Waals surface area contributed by atoms with E-state index in [0.29, 0.717) is 34.4 Å². The van der Waals surface area contributed by atoms with Crippen molar-refractivity contribution in [3.63, 3.8) is 0 Å². The summed E-state index contributed by atoms with van der Waals surface area (Å²) in [4.78, 5) is 0. The number of hydrogen-bond donors (Lipinski definition) is 2. The summed E-state index contributed by atoms with van der Waals surface area (Å²) in [7, 11) is 0. The van der Waals surface area contributed by atoms with Gasteiger partial charge in [-0.15, -0.1) is 0 Å². The van der Waals surface area contributed by atoms with E-state index in [1.165, 1.54) is 12.1 Å². The molecular weight excluding hydrogens is 415 g/mol. The molecule has 3 rings (SSSR count). The highest BCUT2D eigenvalue weighted by atomic mass is 35.5. The molecule has 0 bridgehead atoms. The lowest BCUT2D eigenvalue weighted by Gasteiger charge is -2.16. The number of nitrogens with zero attached hydrogens (tertiary/aromatic N) is 2. The minimum absolute atomic E-state index is 0.252. The van der Waals surface area contributed by atoms with Crippen LogP contribution in [0.15, 0.2) is 36.4 Å². The molecule has 0 aliphatic rings. The smallest absolute Gasteiger partial charge is 0.214 e. The molecule has 9 heteroatoms. The molecule has 3 aromatic rings. The number of nitrogens with one attached hydrogen (secondary N) is 2. The molecule has 0 fully saturated rings.